The zero-order chi connectivity index (χ0) is 14.2. The average molecular weight is 262 g/mol. The summed E-state index contributed by atoms with van der Waals surface area (Å²) in [7, 11) is 1.69. The minimum absolute atomic E-state index is 0.109. The van der Waals surface area contributed by atoms with Crippen molar-refractivity contribution in [3.05, 3.63) is 28.8 Å². The molecule has 3 nitrogen and oxygen atoms in total. The number of aliphatic carboxylic acids is 1. The number of carboxylic acid groups (broad SMARTS) is 1. The summed E-state index contributed by atoms with van der Waals surface area (Å²) in [4.78, 5) is 10.9. The van der Waals surface area contributed by atoms with Crippen LogP contribution in [-0.2, 0) is 4.79 Å². The van der Waals surface area contributed by atoms with Gasteiger partial charge in [-0.05, 0) is 61.3 Å². The maximum atomic E-state index is 10.9. The van der Waals surface area contributed by atoms with Gasteiger partial charge in [0.2, 0.25) is 0 Å². The minimum Gasteiger partial charge on any atom is -0.496 e. The van der Waals surface area contributed by atoms with Crippen molar-refractivity contribution in [3.63, 3.8) is 0 Å². The largest absolute Gasteiger partial charge is 0.496 e. The van der Waals surface area contributed by atoms with Crippen LogP contribution in [0.1, 0.15) is 42.4 Å². The van der Waals surface area contributed by atoms with Gasteiger partial charge in [-0.3, -0.25) is 4.79 Å². The van der Waals surface area contributed by atoms with Gasteiger partial charge in [-0.15, -0.1) is 0 Å². The molecule has 0 aromatic heterocycles. The average Bonchev–Trinajstić information content (AvgIpc) is 3.10. The molecule has 1 fully saturated rings. The Bertz CT molecular complexity index is 493. The maximum Gasteiger partial charge on any atom is 0.306 e. The third-order valence-electron chi connectivity index (χ3n) is 4.21. The highest BCUT2D eigenvalue weighted by Crippen LogP contribution is 2.45. The van der Waals surface area contributed by atoms with Gasteiger partial charge in [-0.25, -0.2) is 0 Å². The highest BCUT2D eigenvalue weighted by molar-refractivity contribution is 5.73. The Morgan fingerprint density at radius 2 is 2.11 bits per heavy atom. The molecular weight excluding hydrogens is 240 g/mol. The number of aryl methyl sites for hydroxylation is 2. The SMILES string of the molecule is COc1cc(C)c(C(C)CC2CC2C(=O)O)cc1C. The van der Waals surface area contributed by atoms with Crippen molar-refractivity contribution < 1.29 is 14.6 Å². The van der Waals surface area contributed by atoms with E-state index < -0.39 is 5.97 Å². The van der Waals surface area contributed by atoms with Crippen LogP contribution in [0.5, 0.6) is 5.75 Å². The van der Waals surface area contributed by atoms with Crippen LogP contribution in [0.2, 0.25) is 0 Å². The molecule has 0 amide bonds. The molecule has 1 aromatic rings. The first kappa shape index (κ1) is 13.9. The maximum absolute atomic E-state index is 10.9. The number of methoxy groups -OCH3 is 1. The predicted octanol–water partition coefficient (Wildman–Crippen LogP) is 3.53. The number of carboxylic acids is 1. The molecule has 3 heteroatoms. The molecule has 0 bridgehead atoms. The van der Waals surface area contributed by atoms with Gasteiger partial charge in [-0.1, -0.05) is 13.0 Å². The van der Waals surface area contributed by atoms with Crippen LogP contribution in [-0.4, -0.2) is 18.2 Å². The van der Waals surface area contributed by atoms with Crippen molar-refractivity contribution in [2.75, 3.05) is 7.11 Å². The van der Waals surface area contributed by atoms with E-state index in [1.54, 1.807) is 7.11 Å². The molecule has 2 rings (SSSR count). The van der Waals surface area contributed by atoms with Crippen LogP contribution in [0.4, 0.5) is 0 Å². The van der Waals surface area contributed by atoms with E-state index in [-0.39, 0.29) is 5.92 Å². The zero-order valence-electron chi connectivity index (χ0n) is 12.1. The lowest BCUT2D eigenvalue weighted by molar-refractivity contribution is -0.138. The summed E-state index contributed by atoms with van der Waals surface area (Å²) in [5.41, 5.74) is 3.68. The smallest absolute Gasteiger partial charge is 0.306 e. The summed E-state index contributed by atoms with van der Waals surface area (Å²) in [5, 5.41) is 8.96. The van der Waals surface area contributed by atoms with E-state index >= 15 is 0 Å². The number of rotatable bonds is 5. The van der Waals surface area contributed by atoms with E-state index in [0.717, 1.165) is 24.2 Å². The van der Waals surface area contributed by atoms with Crippen molar-refractivity contribution in [1.82, 2.24) is 0 Å². The van der Waals surface area contributed by atoms with Gasteiger partial charge >= 0.3 is 5.97 Å². The van der Waals surface area contributed by atoms with Crippen LogP contribution in [0.15, 0.2) is 12.1 Å². The van der Waals surface area contributed by atoms with Crippen molar-refractivity contribution in [1.29, 1.82) is 0 Å². The number of benzene rings is 1. The van der Waals surface area contributed by atoms with Crippen molar-refractivity contribution in [3.8, 4) is 5.75 Å². The van der Waals surface area contributed by atoms with Crippen LogP contribution in [0.25, 0.3) is 0 Å². The van der Waals surface area contributed by atoms with Crippen LogP contribution in [0, 0.1) is 25.7 Å². The second-order valence-corrected chi connectivity index (χ2v) is 5.76. The monoisotopic (exact) mass is 262 g/mol. The van der Waals surface area contributed by atoms with Gasteiger partial charge in [0.15, 0.2) is 0 Å². The van der Waals surface area contributed by atoms with E-state index in [4.69, 9.17) is 9.84 Å². The molecule has 1 aromatic carbocycles. The normalized spacial score (nSPS) is 22.9. The Morgan fingerprint density at radius 1 is 1.42 bits per heavy atom. The molecule has 1 aliphatic rings. The molecule has 3 atom stereocenters. The lowest BCUT2D eigenvalue weighted by atomic mass is 9.90. The van der Waals surface area contributed by atoms with E-state index in [0.29, 0.717) is 11.8 Å². The Balaban J connectivity index is 2.09. The molecule has 0 saturated heterocycles. The van der Waals surface area contributed by atoms with Crippen molar-refractivity contribution >= 4 is 5.97 Å². The molecule has 1 saturated carbocycles. The number of carbonyl (C=O) groups is 1. The van der Waals surface area contributed by atoms with E-state index in [9.17, 15) is 4.79 Å². The van der Waals surface area contributed by atoms with Gasteiger partial charge in [0, 0.05) is 0 Å². The van der Waals surface area contributed by atoms with Gasteiger partial charge < -0.3 is 9.84 Å². The molecular formula is C16H22O3. The minimum atomic E-state index is -0.639. The Labute approximate surface area is 114 Å². The van der Waals surface area contributed by atoms with Gasteiger partial charge in [0.1, 0.15) is 5.75 Å². The number of hydrogen-bond acceptors (Lipinski definition) is 2. The second kappa shape index (κ2) is 5.24. The summed E-state index contributed by atoms with van der Waals surface area (Å²) < 4.78 is 5.32. The van der Waals surface area contributed by atoms with Crippen molar-refractivity contribution in [2.45, 2.75) is 39.5 Å². The van der Waals surface area contributed by atoms with E-state index in [1.165, 1.54) is 11.1 Å². The molecule has 104 valence electrons. The lowest BCUT2D eigenvalue weighted by Crippen LogP contribution is -2.04. The molecule has 0 heterocycles. The number of hydrogen-bond donors (Lipinski definition) is 1. The van der Waals surface area contributed by atoms with E-state index in [1.807, 2.05) is 6.92 Å². The Morgan fingerprint density at radius 3 is 2.63 bits per heavy atom. The number of ether oxygens (including phenoxy) is 1. The molecule has 19 heavy (non-hydrogen) atoms. The Hall–Kier alpha value is -1.51. The van der Waals surface area contributed by atoms with Gasteiger partial charge in [0.25, 0.3) is 0 Å². The highest BCUT2D eigenvalue weighted by Gasteiger charge is 2.43. The molecule has 0 radical (unpaired) electrons. The molecule has 1 aliphatic carbocycles. The van der Waals surface area contributed by atoms with Crippen LogP contribution < -0.4 is 4.74 Å². The fraction of sp³-hybridized carbons (Fsp3) is 0.562. The first-order valence-electron chi connectivity index (χ1n) is 6.82. The quantitative estimate of drug-likeness (QED) is 0.883. The van der Waals surface area contributed by atoms with Gasteiger partial charge in [0.05, 0.1) is 13.0 Å². The fourth-order valence-corrected chi connectivity index (χ4v) is 2.95. The molecule has 0 spiro atoms. The molecule has 0 aliphatic heterocycles. The second-order valence-electron chi connectivity index (χ2n) is 5.76. The first-order valence-corrected chi connectivity index (χ1v) is 6.82. The predicted molar refractivity (Wildman–Crippen MR) is 74.7 cm³/mol. The summed E-state index contributed by atoms with van der Waals surface area (Å²) in [6.07, 6.45) is 1.80. The van der Waals surface area contributed by atoms with Crippen molar-refractivity contribution in [2.24, 2.45) is 11.8 Å². The van der Waals surface area contributed by atoms with Crippen LogP contribution >= 0.6 is 0 Å². The van der Waals surface area contributed by atoms with E-state index in [2.05, 4.69) is 26.0 Å². The third-order valence-corrected chi connectivity index (χ3v) is 4.21. The zero-order valence-corrected chi connectivity index (χ0v) is 12.1. The molecule has 3 unspecified atom stereocenters. The summed E-state index contributed by atoms with van der Waals surface area (Å²) in [6.45, 7) is 6.33. The van der Waals surface area contributed by atoms with Crippen LogP contribution in [0.3, 0.4) is 0 Å². The Kier molecular flexibility index (Phi) is 3.83. The highest BCUT2D eigenvalue weighted by atomic mass is 16.5. The summed E-state index contributed by atoms with van der Waals surface area (Å²) in [6, 6.07) is 4.25. The summed E-state index contributed by atoms with van der Waals surface area (Å²) in [5.74, 6) is 0.929. The van der Waals surface area contributed by atoms with Gasteiger partial charge in [-0.2, -0.15) is 0 Å². The third kappa shape index (κ3) is 2.91. The lowest BCUT2D eigenvalue weighted by Gasteiger charge is -2.17. The summed E-state index contributed by atoms with van der Waals surface area (Å²) >= 11 is 0. The first-order chi connectivity index (χ1) is 8.93. The molecule has 1 N–H and O–H groups in total. The topological polar surface area (TPSA) is 46.5 Å². The fourth-order valence-electron chi connectivity index (χ4n) is 2.95. The standard InChI is InChI=1S/C16H22O3/c1-9(5-12-8-14(12)16(17)18)13-6-11(3)15(19-4)7-10(13)2/h6-7,9,12,14H,5,8H2,1-4H3,(H,17,18).